The lowest BCUT2D eigenvalue weighted by Gasteiger charge is -2.38. The first-order valence-electron chi connectivity index (χ1n) is 11.6. The van der Waals surface area contributed by atoms with E-state index in [1.54, 1.807) is 19.0 Å². The summed E-state index contributed by atoms with van der Waals surface area (Å²) in [7, 11) is 3.44. The van der Waals surface area contributed by atoms with E-state index in [1.165, 1.54) is 24.3 Å². The third-order valence-corrected chi connectivity index (χ3v) is 6.40. The Morgan fingerprint density at radius 2 is 1.88 bits per heavy atom. The Labute approximate surface area is 195 Å². The molecule has 2 aliphatic rings. The molecule has 2 saturated carbocycles. The van der Waals surface area contributed by atoms with Gasteiger partial charge in [-0.05, 0) is 57.2 Å². The number of hydrogen-bond acceptors (Lipinski definition) is 7. The number of ether oxygens (including phenoxy) is 2. The molecule has 1 heterocycles. The minimum absolute atomic E-state index is 0.0656. The molecule has 1 aromatic rings. The predicted octanol–water partition coefficient (Wildman–Crippen LogP) is 4.00. The fraction of sp³-hybridized carbons (Fsp3) is 0.625. The molecule has 1 aromatic heterocycles. The number of halogens is 2. The quantitative estimate of drug-likeness (QED) is 0.307. The van der Waals surface area contributed by atoms with E-state index in [-0.39, 0.29) is 31.5 Å². The highest BCUT2D eigenvalue weighted by molar-refractivity contribution is 5.63. The number of aromatic nitrogens is 1. The first kappa shape index (κ1) is 25.1. The van der Waals surface area contributed by atoms with Crippen LogP contribution in [0.2, 0.25) is 0 Å². The van der Waals surface area contributed by atoms with Crippen LogP contribution in [0.5, 0.6) is 5.75 Å². The maximum Gasteiger partial charge on any atom is 0.248 e. The Hall–Kier alpha value is -2.55. The summed E-state index contributed by atoms with van der Waals surface area (Å²) in [6, 6.07) is 3.72. The number of aryl methyl sites for hydroxylation is 1. The van der Waals surface area contributed by atoms with Gasteiger partial charge < -0.3 is 25.1 Å². The van der Waals surface area contributed by atoms with Gasteiger partial charge in [-0.1, -0.05) is 6.42 Å². The molecule has 0 saturated heterocycles. The topological polar surface area (TPSA) is 89.9 Å². The number of pyridine rings is 1. The molecule has 33 heavy (non-hydrogen) atoms. The third kappa shape index (κ3) is 6.72. The zero-order valence-electron chi connectivity index (χ0n) is 19.9. The van der Waals surface area contributed by atoms with Gasteiger partial charge in [-0.3, -0.25) is 0 Å². The smallest absolute Gasteiger partial charge is 0.248 e. The monoisotopic (exact) mass is 465 g/mol. The van der Waals surface area contributed by atoms with E-state index in [4.69, 9.17) is 21.1 Å². The maximum absolute atomic E-state index is 13.1. The Bertz CT molecular complexity index is 860. The van der Waals surface area contributed by atoms with Gasteiger partial charge in [-0.15, -0.1) is 0 Å². The normalized spacial score (nSPS) is 19.3. The number of rotatable bonds is 10. The summed E-state index contributed by atoms with van der Waals surface area (Å²) in [5.41, 5.74) is 8.66. The van der Waals surface area contributed by atoms with Gasteiger partial charge >= 0.3 is 0 Å². The lowest BCUT2D eigenvalue weighted by molar-refractivity contribution is -0.115. The molecule has 0 unspecified atom stereocenters. The SMILES string of the molecule is C=C(OC/C(=C(/N)c1ccc(OC2CCCCC2)c(C)n1)N(C)N)N(C)CC1CC(F)(F)C1. The summed E-state index contributed by atoms with van der Waals surface area (Å²) in [5.74, 6) is 4.55. The van der Waals surface area contributed by atoms with E-state index in [0.29, 0.717) is 29.5 Å². The second-order valence-corrected chi connectivity index (χ2v) is 9.32. The standard InChI is InChI=1S/C24H37F2N5O2/c1-16-22(33-19-8-6-5-7-9-19)11-10-20(29-16)23(27)21(31(4)28)15-32-17(2)30(3)14-18-12-24(25,26)13-18/h10-11,18-19H,2,5-9,12-15,27-28H2,1,3-4H3/b23-21-. The zero-order valence-corrected chi connectivity index (χ0v) is 19.9. The summed E-state index contributed by atoms with van der Waals surface area (Å²) >= 11 is 0. The number of likely N-dealkylation sites (N-methyl/N-ethyl adjacent to an activating group) is 1. The van der Waals surface area contributed by atoms with Gasteiger partial charge in [-0.2, -0.15) is 0 Å². The van der Waals surface area contributed by atoms with Crippen molar-refractivity contribution in [3.8, 4) is 5.75 Å². The molecular weight excluding hydrogens is 428 g/mol. The molecule has 9 heteroatoms. The van der Waals surface area contributed by atoms with E-state index >= 15 is 0 Å². The van der Waals surface area contributed by atoms with Crippen LogP contribution in [0.4, 0.5) is 8.78 Å². The van der Waals surface area contributed by atoms with Gasteiger partial charge in [0.15, 0.2) is 5.88 Å². The van der Waals surface area contributed by atoms with Gasteiger partial charge in [0, 0.05) is 33.5 Å². The van der Waals surface area contributed by atoms with Crippen LogP contribution in [-0.4, -0.2) is 54.2 Å². The molecule has 0 radical (unpaired) electrons. The molecule has 7 nitrogen and oxygen atoms in total. The van der Waals surface area contributed by atoms with E-state index in [2.05, 4.69) is 11.6 Å². The van der Waals surface area contributed by atoms with Gasteiger partial charge in [0.1, 0.15) is 12.4 Å². The maximum atomic E-state index is 13.1. The van der Waals surface area contributed by atoms with Crippen molar-refractivity contribution >= 4 is 5.70 Å². The molecule has 0 atom stereocenters. The summed E-state index contributed by atoms with van der Waals surface area (Å²) < 4.78 is 38.1. The van der Waals surface area contributed by atoms with E-state index in [0.717, 1.165) is 24.3 Å². The Balaban J connectivity index is 1.62. The summed E-state index contributed by atoms with van der Waals surface area (Å²) in [6.07, 6.45) is 5.86. The van der Waals surface area contributed by atoms with Gasteiger partial charge in [0.25, 0.3) is 0 Å². The number of nitrogens with two attached hydrogens (primary N) is 2. The van der Waals surface area contributed by atoms with Crippen LogP contribution < -0.4 is 16.3 Å². The Morgan fingerprint density at radius 1 is 1.21 bits per heavy atom. The van der Waals surface area contributed by atoms with Crippen molar-refractivity contribution in [1.82, 2.24) is 14.9 Å². The fourth-order valence-corrected chi connectivity index (χ4v) is 4.37. The summed E-state index contributed by atoms with van der Waals surface area (Å²) in [5, 5.41) is 1.39. The van der Waals surface area contributed by atoms with Crippen molar-refractivity contribution in [1.29, 1.82) is 0 Å². The molecule has 0 aliphatic heterocycles. The largest absolute Gasteiger partial charge is 0.489 e. The van der Waals surface area contributed by atoms with Gasteiger partial charge in [-0.25, -0.2) is 19.6 Å². The molecule has 3 rings (SSSR count). The average molecular weight is 466 g/mol. The highest BCUT2D eigenvalue weighted by Gasteiger charge is 2.45. The van der Waals surface area contributed by atoms with Crippen molar-refractivity contribution in [2.24, 2.45) is 17.5 Å². The number of alkyl halides is 2. The van der Waals surface area contributed by atoms with Crippen molar-refractivity contribution in [2.75, 3.05) is 27.2 Å². The lowest BCUT2D eigenvalue weighted by Crippen LogP contribution is -2.41. The fourth-order valence-electron chi connectivity index (χ4n) is 4.37. The molecule has 2 aliphatic carbocycles. The number of hydrogen-bond donors (Lipinski definition) is 2. The highest BCUT2D eigenvalue weighted by atomic mass is 19.3. The van der Waals surface area contributed by atoms with Crippen LogP contribution in [0.3, 0.4) is 0 Å². The van der Waals surface area contributed by atoms with E-state index < -0.39 is 5.92 Å². The van der Waals surface area contributed by atoms with Gasteiger partial charge in [0.2, 0.25) is 5.92 Å². The van der Waals surface area contributed by atoms with E-state index in [1.807, 2.05) is 19.1 Å². The molecule has 0 bridgehead atoms. The molecule has 184 valence electrons. The number of hydrazine groups is 1. The summed E-state index contributed by atoms with van der Waals surface area (Å²) in [4.78, 5) is 6.37. The molecule has 0 spiro atoms. The minimum atomic E-state index is -2.54. The molecule has 2 fully saturated rings. The molecular formula is C24H37F2N5O2. The van der Waals surface area contributed by atoms with E-state index in [9.17, 15) is 8.78 Å². The first-order valence-corrected chi connectivity index (χ1v) is 11.6. The van der Waals surface area contributed by atoms with Crippen LogP contribution in [0.1, 0.15) is 56.3 Å². The lowest BCUT2D eigenvalue weighted by atomic mass is 9.81. The van der Waals surface area contributed by atoms with Crippen molar-refractivity contribution in [3.05, 3.63) is 41.7 Å². The number of nitrogens with zero attached hydrogens (tertiary/aromatic N) is 3. The second-order valence-electron chi connectivity index (χ2n) is 9.32. The van der Waals surface area contributed by atoms with Crippen LogP contribution >= 0.6 is 0 Å². The van der Waals surface area contributed by atoms with Crippen molar-refractivity contribution < 1.29 is 18.3 Å². The van der Waals surface area contributed by atoms with Crippen LogP contribution in [-0.2, 0) is 4.74 Å². The predicted molar refractivity (Wildman–Crippen MR) is 125 cm³/mol. The van der Waals surface area contributed by atoms with Crippen LogP contribution in [0.25, 0.3) is 5.70 Å². The first-order chi connectivity index (χ1) is 15.6. The highest BCUT2D eigenvalue weighted by Crippen LogP contribution is 2.42. The van der Waals surface area contributed by atoms with Crippen LogP contribution in [0.15, 0.2) is 30.3 Å². The Kier molecular flexibility index (Phi) is 8.05. The van der Waals surface area contributed by atoms with Crippen molar-refractivity contribution in [3.63, 3.8) is 0 Å². The average Bonchev–Trinajstić information content (AvgIpc) is 2.74. The minimum Gasteiger partial charge on any atom is -0.489 e. The Morgan fingerprint density at radius 3 is 2.45 bits per heavy atom. The van der Waals surface area contributed by atoms with Gasteiger partial charge in [0.05, 0.1) is 28.9 Å². The molecule has 4 N–H and O–H groups in total. The molecule has 0 amide bonds. The zero-order chi connectivity index (χ0) is 24.2. The summed E-state index contributed by atoms with van der Waals surface area (Å²) in [6.45, 7) is 6.35. The third-order valence-electron chi connectivity index (χ3n) is 6.40. The second kappa shape index (κ2) is 10.6. The van der Waals surface area contributed by atoms with Crippen molar-refractivity contribution in [2.45, 2.75) is 63.9 Å². The molecule has 0 aromatic carbocycles. The van der Waals surface area contributed by atoms with Crippen LogP contribution in [0, 0.1) is 12.8 Å².